The third kappa shape index (κ3) is 5.01. The van der Waals surface area contributed by atoms with Crippen molar-refractivity contribution < 1.29 is 31.4 Å². The highest BCUT2D eigenvalue weighted by molar-refractivity contribution is 6.31. The number of carbonyl (C=O) groups excluding carboxylic acids is 1. The number of aromatic nitrogens is 2. The predicted molar refractivity (Wildman–Crippen MR) is 100 cm³/mol. The molecule has 2 heterocycles. The van der Waals surface area contributed by atoms with Crippen LogP contribution in [-0.4, -0.2) is 39.4 Å². The van der Waals surface area contributed by atoms with Gasteiger partial charge in [-0.15, -0.1) is 0 Å². The quantitative estimate of drug-likeness (QED) is 0.732. The molecule has 3 rings (SSSR count). The summed E-state index contributed by atoms with van der Waals surface area (Å²) in [6, 6.07) is 2.17. The van der Waals surface area contributed by atoms with Gasteiger partial charge in [-0.3, -0.25) is 4.79 Å². The summed E-state index contributed by atoms with van der Waals surface area (Å²) in [5.74, 6) is -3.29. The molecule has 144 valence electrons. The van der Waals surface area contributed by atoms with Gasteiger partial charge in [-0.05, 0) is 56.2 Å². The summed E-state index contributed by atoms with van der Waals surface area (Å²) >= 11 is 5.65. The van der Waals surface area contributed by atoms with E-state index in [2.05, 4.69) is 9.97 Å². The molecule has 1 aliphatic rings. The van der Waals surface area contributed by atoms with E-state index in [0.717, 1.165) is 18.5 Å². The number of likely N-dealkylation sites (tertiary alicyclic amines) is 1. The van der Waals surface area contributed by atoms with Gasteiger partial charge in [0.1, 0.15) is 17.3 Å². The van der Waals surface area contributed by atoms with E-state index in [0.29, 0.717) is 12.1 Å². The van der Waals surface area contributed by atoms with Crippen molar-refractivity contribution in [2.75, 3.05) is 13.0 Å². The summed E-state index contributed by atoms with van der Waals surface area (Å²) in [6.45, 7) is -10.4. The zero-order valence-electron chi connectivity index (χ0n) is 26.7. The zero-order chi connectivity index (χ0) is 30.9. The molecule has 1 aliphatic heterocycles. The fourth-order valence-electron chi connectivity index (χ4n) is 2.10. The van der Waals surface area contributed by atoms with Gasteiger partial charge in [0.05, 0.1) is 5.02 Å². The average Bonchev–Trinajstić information content (AvgIpc) is 2.82. The molecule has 0 aliphatic carbocycles. The summed E-state index contributed by atoms with van der Waals surface area (Å²) in [6.07, 6.45) is -11.6. The predicted octanol–water partition coefficient (Wildman–Crippen LogP) is 4.54. The van der Waals surface area contributed by atoms with Crippen molar-refractivity contribution in [2.24, 2.45) is 0 Å². The first-order chi connectivity index (χ1) is 17.9. The summed E-state index contributed by atoms with van der Waals surface area (Å²) in [4.78, 5) is 20.0. The van der Waals surface area contributed by atoms with Gasteiger partial charge in [-0.25, -0.2) is 18.7 Å². The summed E-state index contributed by atoms with van der Waals surface area (Å²) in [7, 11) is 0. The van der Waals surface area contributed by atoms with Gasteiger partial charge < -0.3 is 4.90 Å². The Morgan fingerprint density at radius 2 is 2.11 bits per heavy atom. The second-order valence-corrected chi connectivity index (χ2v) is 5.92. The number of aryl methyl sites for hydroxylation is 2. The molecule has 2 aromatic rings. The van der Waals surface area contributed by atoms with E-state index in [4.69, 9.17) is 29.4 Å². The van der Waals surface area contributed by atoms with E-state index in [-0.39, 0.29) is 5.56 Å². The minimum absolute atomic E-state index is 0.331. The van der Waals surface area contributed by atoms with Crippen molar-refractivity contribution >= 4 is 17.5 Å². The number of halogens is 3. The number of piperidine rings is 1. The topological polar surface area (TPSA) is 46.1 Å². The fraction of sp³-hybridized carbons (Fsp3) is 0.450. The molecule has 1 saturated heterocycles. The lowest BCUT2D eigenvalue weighted by molar-refractivity contribution is 0.0389. The van der Waals surface area contributed by atoms with Crippen LogP contribution in [0.15, 0.2) is 30.6 Å². The van der Waals surface area contributed by atoms with Crippen LogP contribution in [0.5, 0.6) is 0 Å². The number of carbonyl (C=O) groups is 1. The van der Waals surface area contributed by atoms with Crippen LogP contribution in [0.4, 0.5) is 8.78 Å². The number of hydrogen-bond donors (Lipinski definition) is 0. The van der Waals surface area contributed by atoms with E-state index in [9.17, 15) is 9.18 Å². The van der Waals surface area contributed by atoms with Crippen LogP contribution in [0.3, 0.4) is 0 Å². The van der Waals surface area contributed by atoms with E-state index >= 15 is 4.39 Å². The van der Waals surface area contributed by atoms with E-state index in [1.54, 1.807) is 0 Å². The summed E-state index contributed by atoms with van der Waals surface area (Å²) < 4.78 is 135. The molecule has 0 radical (unpaired) electrons. The molecule has 0 saturated carbocycles. The van der Waals surface area contributed by atoms with Crippen LogP contribution in [-0.2, 0) is 6.37 Å². The van der Waals surface area contributed by atoms with Crippen LogP contribution >= 0.6 is 11.6 Å². The second-order valence-electron chi connectivity index (χ2n) is 5.52. The van der Waals surface area contributed by atoms with Crippen LogP contribution in [0.25, 0.3) is 0 Å². The standard InChI is InChI=1S/C20H22ClF2N3O/c1-14-12-24-18(25-13-14)3-2-6-20(23)7-9-26(10-8-20)19(27)15-4-5-17(22)16(21)11-15/h4-5,11-13H,2-3,6-10H2,1H3/i1D3,3D2,7D2,8D2,9D2,10D2. The minimum Gasteiger partial charge on any atom is -0.338 e. The van der Waals surface area contributed by atoms with Crippen LogP contribution < -0.4 is 0 Å². The van der Waals surface area contributed by atoms with Crippen molar-refractivity contribution in [1.29, 1.82) is 0 Å². The molecule has 0 N–H and O–H groups in total. The normalized spacial score (nSPS) is 32.0. The van der Waals surface area contributed by atoms with Crippen molar-refractivity contribution in [3.8, 4) is 0 Å². The highest BCUT2D eigenvalue weighted by Crippen LogP contribution is 2.32. The SMILES string of the molecule is [2H]C([2H])([2H])c1cnc(C([2H])([2H])CCC2(F)C([2H])([2H])C([2H])([2H])N(C(=O)c3ccc(F)c(Cl)c3)C([2H])([2H])C2([2H])[2H])nc1. The van der Waals surface area contributed by atoms with Gasteiger partial charge in [0.25, 0.3) is 5.91 Å². The Morgan fingerprint density at radius 1 is 1.41 bits per heavy atom. The molecule has 1 amide bonds. The zero-order valence-corrected chi connectivity index (χ0v) is 14.4. The molecular weight excluding hydrogens is 372 g/mol. The molecule has 0 spiro atoms. The molecule has 0 atom stereocenters. The second kappa shape index (κ2) is 8.30. The number of amides is 1. The lowest BCUT2D eigenvalue weighted by Gasteiger charge is -2.36. The molecule has 0 bridgehead atoms. The Kier molecular flexibility index (Phi) is 2.75. The van der Waals surface area contributed by atoms with Gasteiger partial charge in [0.2, 0.25) is 0 Å². The molecule has 7 heteroatoms. The molecule has 27 heavy (non-hydrogen) atoms. The Balaban J connectivity index is 2.04. The maximum atomic E-state index is 16.6. The van der Waals surface area contributed by atoms with Crippen molar-refractivity contribution in [3.05, 3.63) is 58.4 Å². The first-order valence-electron chi connectivity index (χ1n) is 14.2. The molecule has 1 aromatic carbocycles. The summed E-state index contributed by atoms with van der Waals surface area (Å²) in [5, 5.41) is -0.619. The Morgan fingerprint density at radius 3 is 2.74 bits per heavy atom. The molecule has 1 aromatic heterocycles. The van der Waals surface area contributed by atoms with Gasteiger partial charge >= 0.3 is 0 Å². The smallest absolute Gasteiger partial charge is 0.253 e. The number of benzene rings is 1. The van der Waals surface area contributed by atoms with E-state index < -0.39 is 90.5 Å². The third-order valence-corrected chi connectivity index (χ3v) is 3.80. The third-order valence-electron chi connectivity index (χ3n) is 3.51. The van der Waals surface area contributed by atoms with Gasteiger partial charge in [0, 0.05) is 55.1 Å². The van der Waals surface area contributed by atoms with Crippen LogP contribution in [0.2, 0.25) is 5.02 Å². The maximum Gasteiger partial charge on any atom is 0.253 e. The molecule has 1 fully saturated rings. The first-order valence-corrected chi connectivity index (χ1v) is 8.06. The highest BCUT2D eigenvalue weighted by atomic mass is 35.5. The highest BCUT2D eigenvalue weighted by Gasteiger charge is 2.35. The first kappa shape index (κ1) is 8.95. The number of hydrogen-bond acceptors (Lipinski definition) is 3. The van der Waals surface area contributed by atoms with Crippen LogP contribution in [0, 0.1) is 12.7 Å². The Hall–Kier alpha value is -2.08. The lowest BCUT2D eigenvalue weighted by atomic mass is 9.88. The van der Waals surface area contributed by atoms with Gasteiger partial charge in [0.15, 0.2) is 0 Å². The largest absolute Gasteiger partial charge is 0.338 e. The van der Waals surface area contributed by atoms with Crippen molar-refractivity contribution in [1.82, 2.24) is 14.9 Å². The fourth-order valence-corrected chi connectivity index (χ4v) is 2.28. The summed E-state index contributed by atoms with van der Waals surface area (Å²) in [5.41, 5.74) is -5.05. The maximum absolute atomic E-state index is 16.6. The molecule has 4 nitrogen and oxygen atoms in total. The Bertz CT molecular complexity index is 1280. The number of rotatable bonds is 5. The van der Waals surface area contributed by atoms with Gasteiger partial charge in [-0.2, -0.15) is 0 Å². The van der Waals surface area contributed by atoms with Gasteiger partial charge in [-0.1, -0.05) is 11.6 Å². The van der Waals surface area contributed by atoms with Crippen LogP contribution in [0.1, 0.15) is 65.2 Å². The molecule has 0 unspecified atom stereocenters. The lowest BCUT2D eigenvalue weighted by Crippen LogP contribution is -2.44. The Labute approximate surface area is 180 Å². The minimum atomic E-state index is -4.09. The number of nitrogens with zero attached hydrogens (tertiary/aromatic N) is 3. The van der Waals surface area contributed by atoms with E-state index in [1.165, 1.54) is 0 Å². The molecular formula is C20H22ClF2N3O. The average molecular weight is 407 g/mol. The van der Waals surface area contributed by atoms with E-state index in [1.807, 2.05) is 0 Å². The number of alkyl halides is 1. The van der Waals surface area contributed by atoms with Crippen molar-refractivity contribution in [3.63, 3.8) is 0 Å². The monoisotopic (exact) mass is 406 g/mol. The van der Waals surface area contributed by atoms with Crippen molar-refractivity contribution in [2.45, 2.75) is 44.5 Å².